The summed E-state index contributed by atoms with van der Waals surface area (Å²) in [7, 11) is 4.11. The van der Waals surface area contributed by atoms with Crippen molar-refractivity contribution in [2.24, 2.45) is 0 Å². The van der Waals surface area contributed by atoms with Crippen LogP contribution in [0.3, 0.4) is 0 Å². The van der Waals surface area contributed by atoms with E-state index >= 15 is 0 Å². The van der Waals surface area contributed by atoms with Gasteiger partial charge in [0, 0.05) is 17.3 Å². The zero-order valence-electron chi connectivity index (χ0n) is 10.2. The van der Waals surface area contributed by atoms with E-state index in [0.717, 1.165) is 23.8 Å². The number of alkyl halides is 1. The third-order valence-electron chi connectivity index (χ3n) is 2.71. The van der Waals surface area contributed by atoms with Crippen molar-refractivity contribution in [2.45, 2.75) is 31.1 Å². The maximum Gasteiger partial charge on any atom is 0.0821 e. The summed E-state index contributed by atoms with van der Waals surface area (Å²) in [6.45, 7) is 6.13. The molecule has 1 aromatic heterocycles. The molecule has 0 aliphatic rings. The van der Waals surface area contributed by atoms with Crippen LogP contribution in [0.1, 0.15) is 25.5 Å². The number of likely N-dealkylation sites (N-methyl/N-ethyl adjacent to an activating group) is 1. The largest absolute Gasteiger partial charge is 0.308 e. The van der Waals surface area contributed by atoms with Gasteiger partial charge in [0.05, 0.1) is 23.5 Å². The predicted octanol–water partition coefficient (Wildman–Crippen LogP) is 2.99. The van der Waals surface area contributed by atoms with E-state index in [1.54, 1.807) is 6.20 Å². The van der Waals surface area contributed by atoms with Crippen molar-refractivity contribution in [1.29, 1.82) is 0 Å². The van der Waals surface area contributed by atoms with Gasteiger partial charge in [-0.15, -0.1) is 0 Å². The minimum atomic E-state index is 0.358. The molecule has 16 heavy (non-hydrogen) atoms. The van der Waals surface area contributed by atoms with Crippen molar-refractivity contribution in [3.63, 3.8) is 0 Å². The molecule has 0 amide bonds. The number of nitrogens with zero attached hydrogens (tertiary/aromatic N) is 3. The van der Waals surface area contributed by atoms with E-state index in [2.05, 4.69) is 53.9 Å². The van der Waals surface area contributed by atoms with Gasteiger partial charge in [-0.25, -0.2) is 0 Å². The summed E-state index contributed by atoms with van der Waals surface area (Å²) in [6, 6.07) is 0. The van der Waals surface area contributed by atoms with Crippen molar-refractivity contribution >= 4 is 27.5 Å². The van der Waals surface area contributed by atoms with Crippen LogP contribution < -0.4 is 0 Å². The van der Waals surface area contributed by atoms with E-state index in [9.17, 15) is 0 Å². The summed E-state index contributed by atoms with van der Waals surface area (Å²) in [5.41, 5.74) is 1.12. The molecule has 0 aromatic carbocycles. The minimum Gasteiger partial charge on any atom is -0.308 e. The lowest BCUT2D eigenvalue weighted by atomic mass is 10.1. The van der Waals surface area contributed by atoms with Crippen LogP contribution in [-0.4, -0.2) is 40.1 Å². The molecule has 0 N–H and O–H groups in total. The van der Waals surface area contributed by atoms with E-state index in [4.69, 9.17) is 11.6 Å². The first-order valence-corrected chi connectivity index (χ1v) is 6.72. The van der Waals surface area contributed by atoms with Gasteiger partial charge in [0.15, 0.2) is 0 Å². The average molecular weight is 309 g/mol. The van der Waals surface area contributed by atoms with Gasteiger partial charge in [0.2, 0.25) is 0 Å². The van der Waals surface area contributed by atoms with Gasteiger partial charge in [0.25, 0.3) is 0 Å². The first-order chi connectivity index (χ1) is 7.43. The van der Waals surface area contributed by atoms with Crippen LogP contribution >= 0.6 is 27.5 Å². The van der Waals surface area contributed by atoms with E-state index < -0.39 is 0 Å². The van der Waals surface area contributed by atoms with Gasteiger partial charge in [-0.3, -0.25) is 4.68 Å². The highest BCUT2D eigenvalue weighted by molar-refractivity contribution is 9.09. The lowest BCUT2D eigenvalue weighted by Crippen LogP contribution is -2.21. The van der Waals surface area contributed by atoms with E-state index in [0.29, 0.717) is 10.7 Å². The van der Waals surface area contributed by atoms with Crippen molar-refractivity contribution in [3.05, 3.63) is 16.9 Å². The van der Waals surface area contributed by atoms with Crippen molar-refractivity contribution in [3.8, 4) is 0 Å². The Morgan fingerprint density at radius 1 is 1.50 bits per heavy atom. The standard InChI is InChI=1S/C11H19BrClN3/c1-8(9(2)12)11-10(13)7-14-16(11)6-5-15(3)4/h7-9H,5-6H2,1-4H3. The average Bonchev–Trinajstić information content (AvgIpc) is 2.55. The highest BCUT2D eigenvalue weighted by atomic mass is 79.9. The quantitative estimate of drug-likeness (QED) is 0.780. The Balaban J connectivity index is 2.85. The Hall–Kier alpha value is -0.0600. The Morgan fingerprint density at radius 3 is 2.62 bits per heavy atom. The molecule has 1 aromatic rings. The number of hydrogen-bond donors (Lipinski definition) is 0. The minimum absolute atomic E-state index is 0.358. The SMILES string of the molecule is CC(Br)C(C)c1c(Cl)cnn1CCN(C)C. The molecule has 3 nitrogen and oxygen atoms in total. The highest BCUT2D eigenvalue weighted by Gasteiger charge is 2.19. The fourth-order valence-corrected chi connectivity index (χ4v) is 2.08. The van der Waals surface area contributed by atoms with E-state index in [1.165, 1.54) is 0 Å². The molecule has 0 radical (unpaired) electrons. The van der Waals surface area contributed by atoms with Crippen LogP contribution in [0, 0.1) is 0 Å². The molecular weight excluding hydrogens is 289 g/mol. The molecule has 2 atom stereocenters. The fraction of sp³-hybridized carbons (Fsp3) is 0.727. The van der Waals surface area contributed by atoms with Crippen LogP contribution in [0.5, 0.6) is 0 Å². The number of hydrogen-bond acceptors (Lipinski definition) is 2. The second kappa shape index (κ2) is 6.03. The molecule has 2 unspecified atom stereocenters. The van der Waals surface area contributed by atoms with Gasteiger partial charge in [0.1, 0.15) is 0 Å². The van der Waals surface area contributed by atoms with Gasteiger partial charge >= 0.3 is 0 Å². The summed E-state index contributed by atoms with van der Waals surface area (Å²) in [5.74, 6) is 0.358. The monoisotopic (exact) mass is 307 g/mol. The van der Waals surface area contributed by atoms with Crippen molar-refractivity contribution < 1.29 is 0 Å². The Kier molecular flexibility index (Phi) is 5.28. The fourth-order valence-electron chi connectivity index (χ4n) is 1.52. The summed E-state index contributed by atoms with van der Waals surface area (Å²) in [6.07, 6.45) is 1.73. The van der Waals surface area contributed by atoms with Crippen molar-refractivity contribution in [2.75, 3.05) is 20.6 Å². The molecule has 92 valence electrons. The number of aromatic nitrogens is 2. The summed E-state index contributed by atoms with van der Waals surface area (Å²) >= 11 is 9.78. The third kappa shape index (κ3) is 3.47. The number of halogens is 2. The number of rotatable bonds is 5. The maximum atomic E-state index is 6.18. The van der Waals surface area contributed by atoms with Crippen LogP contribution in [0.2, 0.25) is 5.02 Å². The zero-order valence-corrected chi connectivity index (χ0v) is 12.6. The first-order valence-electron chi connectivity index (χ1n) is 5.43. The van der Waals surface area contributed by atoms with Crippen LogP contribution in [-0.2, 0) is 6.54 Å². The van der Waals surface area contributed by atoms with Gasteiger partial charge in [-0.1, -0.05) is 41.4 Å². The highest BCUT2D eigenvalue weighted by Crippen LogP contribution is 2.29. The predicted molar refractivity (Wildman–Crippen MR) is 72.6 cm³/mol. The molecule has 0 saturated carbocycles. The third-order valence-corrected chi connectivity index (χ3v) is 3.80. The van der Waals surface area contributed by atoms with Gasteiger partial charge in [-0.2, -0.15) is 5.10 Å². The van der Waals surface area contributed by atoms with Crippen LogP contribution in [0.15, 0.2) is 6.20 Å². The molecule has 0 saturated heterocycles. The molecule has 0 aliphatic carbocycles. The van der Waals surface area contributed by atoms with Gasteiger partial charge < -0.3 is 4.90 Å². The van der Waals surface area contributed by atoms with Crippen molar-refractivity contribution in [1.82, 2.24) is 14.7 Å². The topological polar surface area (TPSA) is 21.1 Å². The first kappa shape index (κ1) is 14.0. The molecule has 1 rings (SSSR count). The summed E-state index contributed by atoms with van der Waals surface area (Å²) in [4.78, 5) is 2.53. The molecule has 0 spiro atoms. The zero-order chi connectivity index (χ0) is 12.3. The Morgan fingerprint density at radius 2 is 2.12 bits per heavy atom. The lowest BCUT2D eigenvalue weighted by Gasteiger charge is -2.18. The normalized spacial score (nSPS) is 15.4. The van der Waals surface area contributed by atoms with Gasteiger partial charge in [-0.05, 0) is 14.1 Å². The second-order valence-corrected chi connectivity index (χ2v) is 6.22. The second-order valence-electron chi connectivity index (χ2n) is 4.37. The van der Waals surface area contributed by atoms with Crippen LogP contribution in [0.4, 0.5) is 0 Å². The Bertz CT molecular complexity index is 336. The summed E-state index contributed by atoms with van der Waals surface area (Å²) in [5, 5.41) is 5.09. The molecule has 1 heterocycles. The van der Waals surface area contributed by atoms with E-state index in [1.807, 2.05) is 4.68 Å². The Labute approximate surface area is 111 Å². The molecular formula is C11H19BrClN3. The molecule has 5 heteroatoms. The summed E-state index contributed by atoms with van der Waals surface area (Å²) < 4.78 is 2.00. The molecule has 0 aliphatic heterocycles. The van der Waals surface area contributed by atoms with Crippen LogP contribution in [0.25, 0.3) is 0 Å². The van der Waals surface area contributed by atoms with E-state index in [-0.39, 0.29) is 0 Å². The molecule has 0 bridgehead atoms. The lowest BCUT2D eigenvalue weighted by molar-refractivity contribution is 0.367. The maximum absolute atomic E-state index is 6.18. The smallest absolute Gasteiger partial charge is 0.0821 e. The molecule has 0 fully saturated rings.